The first-order valence-electron chi connectivity index (χ1n) is 11.2. The van der Waals surface area contributed by atoms with Crippen molar-refractivity contribution in [2.45, 2.75) is 33.4 Å². The normalized spacial score (nSPS) is 12.9. The molecule has 0 fully saturated rings. The van der Waals surface area contributed by atoms with Crippen LogP contribution in [0.3, 0.4) is 0 Å². The fourth-order valence-electron chi connectivity index (χ4n) is 4.58. The molecule has 0 amide bonds. The summed E-state index contributed by atoms with van der Waals surface area (Å²) in [6.07, 6.45) is 4.53. The van der Waals surface area contributed by atoms with E-state index in [1.54, 1.807) is 6.07 Å². The van der Waals surface area contributed by atoms with E-state index in [0.717, 1.165) is 46.7 Å². The van der Waals surface area contributed by atoms with Gasteiger partial charge in [0.25, 0.3) is 0 Å². The Labute approximate surface area is 193 Å². The predicted octanol–water partition coefficient (Wildman–Crippen LogP) is 4.76. The van der Waals surface area contributed by atoms with Gasteiger partial charge in [-0.15, -0.1) is 0 Å². The fraction of sp³-hybridized carbons (Fsp3) is 0.308. The molecule has 1 aliphatic rings. The summed E-state index contributed by atoms with van der Waals surface area (Å²) in [6, 6.07) is 9.69. The van der Waals surface area contributed by atoms with Crippen LogP contribution >= 0.6 is 0 Å². The number of aryl methyl sites for hydroxylation is 2. The molecule has 4 aromatic rings. The van der Waals surface area contributed by atoms with Crippen LogP contribution in [0.1, 0.15) is 27.9 Å². The Bertz CT molecular complexity index is 1340. The number of ether oxygens (including phenoxy) is 1. The van der Waals surface area contributed by atoms with Gasteiger partial charge in [-0.2, -0.15) is 0 Å². The van der Waals surface area contributed by atoms with E-state index >= 15 is 0 Å². The lowest BCUT2D eigenvalue weighted by Gasteiger charge is -2.15. The first-order chi connectivity index (χ1) is 15.9. The SMILES string of the molecule is Cc1cn2c(NCc3c(F)ccc4c3CCO4)ncc(-c3ccc(CN(C)C)cc3C)c2n1. The Morgan fingerprint density at radius 3 is 2.79 bits per heavy atom. The maximum absolute atomic E-state index is 14.6. The quantitative estimate of drug-likeness (QED) is 0.464. The summed E-state index contributed by atoms with van der Waals surface area (Å²) in [4.78, 5) is 11.6. The molecule has 0 unspecified atom stereocenters. The van der Waals surface area contributed by atoms with Crippen LogP contribution in [-0.4, -0.2) is 40.0 Å². The smallest absolute Gasteiger partial charge is 0.208 e. The summed E-state index contributed by atoms with van der Waals surface area (Å²) in [7, 11) is 4.14. The van der Waals surface area contributed by atoms with Crippen LogP contribution in [0.2, 0.25) is 0 Å². The first-order valence-corrected chi connectivity index (χ1v) is 11.2. The molecule has 1 N–H and O–H groups in total. The van der Waals surface area contributed by atoms with Gasteiger partial charge in [0.2, 0.25) is 5.95 Å². The zero-order valence-corrected chi connectivity index (χ0v) is 19.4. The summed E-state index contributed by atoms with van der Waals surface area (Å²) in [5, 5.41) is 3.32. The third kappa shape index (κ3) is 4.04. The minimum absolute atomic E-state index is 0.227. The van der Waals surface area contributed by atoms with Crippen LogP contribution in [-0.2, 0) is 19.5 Å². The highest BCUT2D eigenvalue weighted by Crippen LogP contribution is 2.32. The first kappa shape index (κ1) is 21.4. The van der Waals surface area contributed by atoms with Crippen molar-refractivity contribution >= 4 is 11.6 Å². The second-order valence-electron chi connectivity index (χ2n) is 8.91. The molecule has 33 heavy (non-hydrogen) atoms. The molecule has 170 valence electrons. The van der Waals surface area contributed by atoms with E-state index in [0.29, 0.717) is 24.7 Å². The van der Waals surface area contributed by atoms with Gasteiger partial charge in [0.1, 0.15) is 17.2 Å². The molecule has 0 radical (unpaired) electrons. The highest BCUT2D eigenvalue weighted by atomic mass is 19.1. The van der Waals surface area contributed by atoms with Crippen LogP contribution in [0, 0.1) is 19.7 Å². The minimum atomic E-state index is -0.227. The summed E-state index contributed by atoms with van der Waals surface area (Å²) in [6.45, 7) is 5.90. The largest absolute Gasteiger partial charge is 0.493 e. The van der Waals surface area contributed by atoms with Gasteiger partial charge in [0.15, 0.2) is 0 Å². The van der Waals surface area contributed by atoms with Crippen molar-refractivity contribution in [3.63, 3.8) is 0 Å². The number of hydrogen-bond acceptors (Lipinski definition) is 5. The Kier molecular flexibility index (Phi) is 5.50. The highest BCUT2D eigenvalue weighted by molar-refractivity contribution is 5.80. The highest BCUT2D eigenvalue weighted by Gasteiger charge is 2.20. The number of nitrogens with one attached hydrogen (secondary N) is 1. The average molecular weight is 446 g/mol. The molecule has 0 saturated heterocycles. The van der Waals surface area contributed by atoms with E-state index in [1.165, 1.54) is 17.2 Å². The van der Waals surface area contributed by atoms with E-state index in [9.17, 15) is 4.39 Å². The summed E-state index contributed by atoms with van der Waals surface area (Å²) in [5.74, 6) is 1.18. The van der Waals surface area contributed by atoms with Crippen LogP contribution in [0.15, 0.2) is 42.7 Å². The molecule has 0 bridgehead atoms. The predicted molar refractivity (Wildman–Crippen MR) is 128 cm³/mol. The number of fused-ring (bicyclic) bond motifs is 2. The lowest BCUT2D eigenvalue weighted by molar-refractivity contribution is 0.356. The third-order valence-electron chi connectivity index (χ3n) is 6.06. The third-order valence-corrected chi connectivity index (χ3v) is 6.06. The van der Waals surface area contributed by atoms with Gasteiger partial charge in [-0.1, -0.05) is 18.2 Å². The van der Waals surface area contributed by atoms with Crippen molar-refractivity contribution in [1.82, 2.24) is 19.3 Å². The van der Waals surface area contributed by atoms with Crippen molar-refractivity contribution in [2.75, 3.05) is 26.0 Å². The van der Waals surface area contributed by atoms with Gasteiger partial charge >= 0.3 is 0 Å². The topological polar surface area (TPSA) is 54.7 Å². The van der Waals surface area contributed by atoms with E-state index < -0.39 is 0 Å². The molecular weight excluding hydrogens is 417 g/mol. The van der Waals surface area contributed by atoms with Gasteiger partial charge in [-0.05, 0) is 56.8 Å². The standard InChI is InChI=1S/C26H28FN5O/c1-16-11-18(15-31(3)4)5-6-19(16)22-13-29-26(32-14-17(2)30-25(22)32)28-12-21-20-9-10-33-24(20)8-7-23(21)27/h5-8,11,13-14H,9-10,12,15H2,1-4H3,(H,28,29). The van der Waals surface area contributed by atoms with Gasteiger partial charge in [-0.3, -0.25) is 4.40 Å². The van der Waals surface area contributed by atoms with E-state index in [2.05, 4.69) is 49.4 Å². The number of nitrogens with zero attached hydrogens (tertiary/aromatic N) is 4. The van der Waals surface area contributed by atoms with Crippen molar-refractivity contribution in [3.05, 3.63) is 76.5 Å². The molecular formula is C26H28FN5O. The molecule has 3 heterocycles. The molecule has 2 aromatic heterocycles. The molecule has 0 aliphatic carbocycles. The number of benzene rings is 2. The Morgan fingerprint density at radius 2 is 2.00 bits per heavy atom. The van der Waals surface area contributed by atoms with Gasteiger partial charge < -0.3 is 15.0 Å². The average Bonchev–Trinajstić information content (AvgIpc) is 3.39. The number of imidazole rings is 1. The van der Waals surface area contributed by atoms with Crippen molar-refractivity contribution in [1.29, 1.82) is 0 Å². The minimum Gasteiger partial charge on any atom is -0.493 e. The van der Waals surface area contributed by atoms with Crippen LogP contribution in [0.4, 0.5) is 10.3 Å². The molecule has 0 atom stereocenters. The lowest BCUT2D eigenvalue weighted by Crippen LogP contribution is -2.11. The van der Waals surface area contributed by atoms with Crippen molar-refractivity contribution < 1.29 is 9.13 Å². The number of anilines is 1. The Morgan fingerprint density at radius 1 is 1.15 bits per heavy atom. The summed E-state index contributed by atoms with van der Waals surface area (Å²) >= 11 is 0. The lowest BCUT2D eigenvalue weighted by atomic mass is 10.00. The summed E-state index contributed by atoms with van der Waals surface area (Å²) < 4.78 is 22.1. The molecule has 6 nitrogen and oxygen atoms in total. The molecule has 2 aromatic carbocycles. The zero-order valence-electron chi connectivity index (χ0n) is 19.4. The number of hydrogen-bond donors (Lipinski definition) is 1. The van der Waals surface area contributed by atoms with E-state index in [4.69, 9.17) is 14.7 Å². The van der Waals surface area contributed by atoms with E-state index in [1.807, 2.05) is 23.7 Å². The number of rotatable bonds is 6. The molecule has 5 rings (SSSR count). The van der Waals surface area contributed by atoms with E-state index in [-0.39, 0.29) is 5.82 Å². The molecule has 1 aliphatic heterocycles. The maximum atomic E-state index is 14.6. The van der Waals surface area contributed by atoms with Crippen LogP contribution < -0.4 is 10.1 Å². The monoisotopic (exact) mass is 445 g/mol. The van der Waals surface area contributed by atoms with Crippen molar-refractivity contribution in [3.8, 4) is 16.9 Å². The van der Waals surface area contributed by atoms with Gasteiger partial charge in [0.05, 0.1) is 12.3 Å². The zero-order chi connectivity index (χ0) is 23.1. The number of aromatic nitrogens is 3. The van der Waals surface area contributed by atoms with Crippen molar-refractivity contribution in [2.24, 2.45) is 0 Å². The Hall–Kier alpha value is -3.45. The molecule has 0 saturated carbocycles. The summed E-state index contributed by atoms with van der Waals surface area (Å²) in [5.41, 5.74) is 7.83. The van der Waals surface area contributed by atoms with Gasteiger partial charge in [-0.25, -0.2) is 14.4 Å². The fourth-order valence-corrected chi connectivity index (χ4v) is 4.58. The second kappa shape index (κ2) is 8.48. The Balaban J connectivity index is 1.49. The second-order valence-corrected chi connectivity index (χ2v) is 8.91. The van der Waals surface area contributed by atoms with Crippen LogP contribution in [0.25, 0.3) is 16.8 Å². The molecule has 7 heteroatoms. The van der Waals surface area contributed by atoms with Crippen LogP contribution in [0.5, 0.6) is 5.75 Å². The maximum Gasteiger partial charge on any atom is 0.208 e. The molecule has 0 spiro atoms. The number of halogens is 1. The van der Waals surface area contributed by atoms with Gasteiger partial charge in [0, 0.05) is 48.6 Å².